The average molecular weight is 453 g/mol. The number of carbonyl (C=O) groups is 2. The molecule has 0 radical (unpaired) electrons. The summed E-state index contributed by atoms with van der Waals surface area (Å²) in [5.41, 5.74) is -7.13. The number of esters is 2. The maximum absolute atomic E-state index is 12.9. The van der Waals surface area contributed by atoms with Gasteiger partial charge in [0.15, 0.2) is 5.75 Å². The van der Waals surface area contributed by atoms with Crippen molar-refractivity contribution in [2.75, 3.05) is 14.2 Å². The molecule has 0 aromatic heterocycles. The Labute approximate surface area is 168 Å². The number of hydrogen-bond donors (Lipinski definition) is 0. The van der Waals surface area contributed by atoms with Gasteiger partial charge in [-0.15, -0.1) is 0 Å². The number of halogens is 4. The van der Waals surface area contributed by atoms with Crippen LogP contribution in [0.15, 0.2) is 36.4 Å². The zero-order valence-electron chi connectivity index (χ0n) is 14.7. The van der Waals surface area contributed by atoms with Crippen LogP contribution in [0.2, 0.25) is 5.02 Å². The molecule has 0 aliphatic carbocycles. The van der Waals surface area contributed by atoms with E-state index in [1.54, 1.807) is 18.2 Å². The lowest BCUT2D eigenvalue weighted by atomic mass is 9.97. The molecule has 0 atom stereocenters. The summed E-state index contributed by atoms with van der Waals surface area (Å²) in [6.45, 7) is 0. The first-order valence-corrected chi connectivity index (χ1v) is 9.32. The Morgan fingerprint density at radius 2 is 1.55 bits per heavy atom. The number of benzene rings is 2. The fraction of sp³-hybridized carbons (Fsp3) is 0.176. The summed E-state index contributed by atoms with van der Waals surface area (Å²) in [5, 5.41) is -0.655. The first-order valence-electron chi connectivity index (χ1n) is 7.54. The van der Waals surface area contributed by atoms with E-state index < -0.39 is 49.5 Å². The lowest BCUT2D eigenvalue weighted by Gasteiger charge is -2.18. The van der Waals surface area contributed by atoms with Crippen LogP contribution in [0.3, 0.4) is 0 Å². The minimum atomic E-state index is -6.23. The summed E-state index contributed by atoms with van der Waals surface area (Å²) in [5.74, 6) is -3.73. The van der Waals surface area contributed by atoms with Crippen molar-refractivity contribution in [2.45, 2.75) is 5.51 Å². The molecule has 0 spiro atoms. The summed E-state index contributed by atoms with van der Waals surface area (Å²) in [6.07, 6.45) is 0. The van der Waals surface area contributed by atoms with Crippen molar-refractivity contribution < 1.29 is 44.8 Å². The lowest BCUT2D eigenvalue weighted by Crippen LogP contribution is -2.29. The molecule has 0 unspecified atom stereocenters. The predicted molar refractivity (Wildman–Crippen MR) is 95.2 cm³/mol. The second-order valence-corrected chi connectivity index (χ2v) is 7.24. The monoisotopic (exact) mass is 452 g/mol. The molecule has 0 N–H and O–H groups in total. The zero-order chi connectivity index (χ0) is 22.0. The van der Waals surface area contributed by atoms with Crippen molar-refractivity contribution in [1.29, 1.82) is 0 Å². The van der Waals surface area contributed by atoms with Crippen molar-refractivity contribution in [3.63, 3.8) is 0 Å². The van der Waals surface area contributed by atoms with E-state index in [0.29, 0.717) is 5.56 Å². The standard InChI is InChI=1S/C17H12ClF3O7S/c1-26-15(22)11-8-10(9-6-4-3-5-7-9)13(18)14(12(11)16(23)27-2)28-29(24,25)17(19,20)21/h3-8H,1-2H3. The molecular formula is C17H12ClF3O7S. The third-order valence-corrected chi connectivity index (χ3v) is 4.91. The minimum absolute atomic E-state index is 0.0762. The molecule has 2 rings (SSSR count). The van der Waals surface area contributed by atoms with Gasteiger partial charge in [-0.3, -0.25) is 0 Å². The van der Waals surface area contributed by atoms with Crippen molar-refractivity contribution in [2.24, 2.45) is 0 Å². The highest BCUT2D eigenvalue weighted by atomic mass is 35.5. The van der Waals surface area contributed by atoms with E-state index in [-0.39, 0.29) is 5.56 Å². The maximum atomic E-state index is 12.9. The van der Waals surface area contributed by atoms with Crippen LogP contribution in [0.25, 0.3) is 11.1 Å². The number of rotatable bonds is 5. The van der Waals surface area contributed by atoms with Crippen LogP contribution in [-0.2, 0) is 19.6 Å². The fourth-order valence-corrected chi connectivity index (χ4v) is 3.10. The van der Waals surface area contributed by atoms with Crippen LogP contribution in [0.1, 0.15) is 20.7 Å². The predicted octanol–water partition coefficient (Wildman–Crippen LogP) is 3.81. The normalized spacial score (nSPS) is 11.7. The quantitative estimate of drug-likeness (QED) is 0.386. The SMILES string of the molecule is COC(=O)c1cc(-c2ccccc2)c(Cl)c(OS(=O)(=O)C(F)(F)F)c1C(=O)OC. The number of alkyl halides is 3. The van der Waals surface area contributed by atoms with Gasteiger partial charge in [-0.2, -0.15) is 21.6 Å². The van der Waals surface area contributed by atoms with E-state index in [1.165, 1.54) is 12.1 Å². The van der Waals surface area contributed by atoms with Crippen LogP contribution >= 0.6 is 11.6 Å². The third-order valence-electron chi connectivity index (χ3n) is 3.58. The smallest absolute Gasteiger partial charge is 0.465 e. The molecule has 29 heavy (non-hydrogen) atoms. The molecule has 0 saturated heterocycles. The van der Waals surface area contributed by atoms with Crippen molar-refractivity contribution in [3.05, 3.63) is 52.5 Å². The topological polar surface area (TPSA) is 96.0 Å². The van der Waals surface area contributed by atoms with Crippen LogP contribution in [0.5, 0.6) is 5.75 Å². The van der Waals surface area contributed by atoms with E-state index in [2.05, 4.69) is 13.7 Å². The summed E-state index contributed by atoms with van der Waals surface area (Å²) in [6, 6.07) is 8.79. The van der Waals surface area contributed by atoms with E-state index >= 15 is 0 Å². The number of hydrogen-bond acceptors (Lipinski definition) is 7. The maximum Gasteiger partial charge on any atom is 0.534 e. The van der Waals surface area contributed by atoms with E-state index in [0.717, 1.165) is 20.3 Å². The zero-order valence-corrected chi connectivity index (χ0v) is 16.3. The van der Waals surface area contributed by atoms with E-state index in [1.807, 2.05) is 0 Å². The van der Waals surface area contributed by atoms with Crippen LogP contribution in [-0.4, -0.2) is 40.1 Å². The molecule has 7 nitrogen and oxygen atoms in total. The van der Waals surface area contributed by atoms with E-state index in [9.17, 15) is 31.2 Å². The highest BCUT2D eigenvalue weighted by Crippen LogP contribution is 2.42. The lowest BCUT2D eigenvalue weighted by molar-refractivity contribution is -0.0500. The second-order valence-electron chi connectivity index (χ2n) is 5.32. The van der Waals surface area contributed by atoms with Gasteiger partial charge in [0, 0.05) is 5.56 Å². The van der Waals surface area contributed by atoms with Crippen LogP contribution < -0.4 is 4.18 Å². The molecule has 0 saturated carbocycles. The van der Waals surface area contributed by atoms with Gasteiger partial charge in [0.25, 0.3) is 0 Å². The second kappa shape index (κ2) is 8.29. The van der Waals surface area contributed by atoms with Gasteiger partial charge in [-0.25, -0.2) is 9.59 Å². The molecule has 0 aliphatic rings. The largest absolute Gasteiger partial charge is 0.534 e. The van der Waals surface area contributed by atoms with Gasteiger partial charge < -0.3 is 13.7 Å². The Morgan fingerprint density at radius 3 is 2.03 bits per heavy atom. The van der Waals surface area contributed by atoms with Gasteiger partial charge in [0.2, 0.25) is 0 Å². The number of ether oxygens (including phenoxy) is 2. The van der Waals surface area contributed by atoms with Gasteiger partial charge >= 0.3 is 27.6 Å². The van der Waals surface area contributed by atoms with Gasteiger partial charge in [-0.05, 0) is 11.6 Å². The molecule has 12 heteroatoms. The highest BCUT2D eigenvalue weighted by molar-refractivity contribution is 7.88. The summed E-state index contributed by atoms with van der Waals surface area (Å²) < 4.78 is 74.8. The third kappa shape index (κ3) is 4.46. The molecule has 0 heterocycles. The molecule has 0 fully saturated rings. The Balaban J connectivity index is 2.93. The van der Waals surface area contributed by atoms with E-state index in [4.69, 9.17) is 11.6 Å². The Hall–Kier alpha value is -2.79. The van der Waals surface area contributed by atoms with Crippen molar-refractivity contribution in [3.8, 4) is 16.9 Å². The summed E-state index contributed by atoms with van der Waals surface area (Å²) in [4.78, 5) is 24.3. The Bertz CT molecular complexity index is 1050. The van der Waals surface area contributed by atoms with Gasteiger partial charge in [0.1, 0.15) is 5.56 Å². The average Bonchev–Trinajstić information content (AvgIpc) is 2.67. The number of carbonyl (C=O) groups excluding carboxylic acids is 2. The molecule has 156 valence electrons. The highest BCUT2D eigenvalue weighted by Gasteiger charge is 2.49. The molecule has 0 amide bonds. The minimum Gasteiger partial charge on any atom is -0.465 e. The first kappa shape index (κ1) is 22.5. The summed E-state index contributed by atoms with van der Waals surface area (Å²) >= 11 is 6.11. The van der Waals surface area contributed by atoms with Crippen LogP contribution in [0, 0.1) is 0 Å². The van der Waals surface area contributed by atoms with Gasteiger partial charge in [0.05, 0.1) is 24.8 Å². The Morgan fingerprint density at radius 1 is 1.00 bits per heavy atom. The first-order chi connectivity index (χ1) is 13.4. The van der Waals surface area contributed by atoms with Crippen molar-refractivity contribution in [1.82, 2.24) is 0 Å². The number of methoxy groups -OCH3 is 2. The Kier molecular flexibility index (Phi) is 6.43. The fourth-order valence-electron chi connectivity index (χ4n) is 2.27. The molecule has 2 aromatic carbocycles. The van der Waals surface area contributed by atoms with Crippen molar-refractivity contribution >= 4 is 33.7 Å². The molecule has 0 bridgehead atoms. The van der Waals surface area contributed by atoms with Crippen LogP contribution in [0.4, 0.5) is 13.2 Å². The molecular weight excluding hydrogens is 441 g/mol. The molecule has 2 aromatic rings. The summed E-state index contributed by atoms with van der Waals surface area (Å²) in [7, 11) is -4.41. The molecule has 0 aliphatic heterocycles. The van der Waals surface area contributed by atoms with Gasteiger partial charge in [-0.1, -0.05) is 41.9 Å².